The van der Waals surface area contributed by atoms with E-state index in [2.05, 4.69) is 14.9 Å². The maximum atomic E-state index is 12.2. The number of hydrogen-bond acceptors (Lipinski definition) is 6. The molecular formula is C14H13N3O3S2. The van der Waals surface area contributed by atoms with Gasteiger partial charge in [-0.05, 0) is 36.1 Å². The van der Waals surface area contributed by atoms with Crippen LogP contribution in [0.1, 0.15) is 11.5 Å². The van der Waals surface area contributed by atoms with E-state index >= 15 is 0 Å². The molecule has 2 aromatic heterocycles. The van der Waals surface area contributed by atoms with Gasteiger partial charge in [-0.2, -0.15) is 4.98 Å². The summed E-state index contributed by atoms with van der Waals surface area (Å²) in [4.78, 5) is 5.26. The molecule has 0 fully saturated rings. The Kier molecular flexibility index (Phi) is 4.06. The number of nitrogens with zero attached hydrogens (tertiary/aromatic N) is 2. The first kappa shape index (κ1) is 14.9. The van der Waals surface area contributed by atoms with E-state index in [1.165, 1.54) is 11.3 Å². The van der Waals surface area contributed by atoms with Gasteiger partial charge in [0.1, 0.15) is 0 Å². The lowest BCUT2D eigenvalue weighted by molar-refractivity contribution is 0.376. The van der Waals surface area contributed by atoms with E-state index in [0.717, 1.165) is 10.4 Å². The molecular weight excluding hydrogens is 322 g/mol. The van der Waals surface area contributed by atoms with Gasteiger partial charge in [-0.1, -0.05) is 23.4 Å². The van der Waals surface area contributed by atoms with Crippen molar-refractivity contribution >= 4 is 21.4 Å². The number of nitrogens with one attached hydrogen (secondary N) is 1. The summed E-state index contributed by atoms with van der Waals surface area (Å²) in [5.74, 6) is 0.680. The van der Waals surface area contributed by atoms with Crippen LogP contribution in [0, 0.1) is 6.92 Å². The van der Waals surface area contributed by atoms with Crippen molar-refractivity contribution < 1.29 is 12.9 Å². The molecule has 0 aliphatic heterocycles. The Morgan fingerprint density at radius 1 is 1.27 bits per heavy atom. The first-order valence-electron chi connectivity index (χ1n) is 6.47. The normalized spacial score (nSPS) is 11.7. The van der Waals surface area contributed by atoms with Crippen molar-refractivity contribution in [3.8, 4) is 10.7 Å². The zero-order valence-corrected chi connectivity index (χ0v) is 13.3. The average molecular weight is 335 g/mol. The monoisotopic (exact) mass is 335 g/mol. The molecule has 0 atom stereocenters. The molecule has 22 heavy (non-hydrogen) atoms. The van der Waals surface area contributed by atoms with Crippen molar-refractivity contribution in [3.63, 3.8) is 0 Å². The lowest BCUT2D eigenvalue weighted by Crippen LogP contribution is -2.23. The molecule has 1 aromatic carbocycles. The minimum absolute atomic E-state index is 0.0470. The summed E-state index contributed by atoms with van der Waals surface area (Å²) in [5.41, 5.74) is 0.876. The van der Waals surface area contributed by atoms with Crippen LogP contribution in [0.15, 0.2) is 51.2 Å². The highest BCUT2D eigenvalue weighted by molar-refractivity contribution is 7.89. The Balaban J connectivity index is 1.72. The zero-order valence-electron chi connectivity index (χ0n) is 11.7. The van der Waals surface area contributed by atoms with Gasteiger partial charge in [-0.15, -0.1) is 11.3 Å². The molecule has 1 N–H and O–H groups in total. The topological polar surface area (TPSA) is 85.1 Å². The smallest absolute Gasteiger partial charge is 0.242 e. The summed E-state index contributed by atoms with van der Waals surface area (Å²) in [5, 5.41) is 5.74. The van der Waals surface area contributed by atoms with E-state index in [4.69, 9.17) is 4.52 Å². The van der Waals surface area contributed by atoms with Crippen molar-refractivity contribution in [2.24, 2.45) is 0 Å². The summed E-state index contributed by atoms with van der Waals surface area (Å²) < 4.78 is 31.9. The highest BCUT2D eigenvalue weighted by Gasteiger charge is 2.16. The van der Waals surface area contributed by atoms with Gasteiger partial charge in [0.05, 0.1) is 16.3 Å². The fraction of sp³-hybridized carbons (Fsp3) is 0.143. The number of thiophene rings is 1. The van der Waals surface area contributed by atoms with E-state index in [0.29, 0.717) is 5.82 Å². The van der Waals surface area contributed by atoms with E-state index in [1.807, 2.05) is 30.5 Å². The molecule has 8 heteroatoms. The highest BCUT2D eigenvalue weighted by atomic mass is 32.2. The lowest BCUT2D eigenvalue weighted by atomic mass is 10.2. The quantitative estimate of drug-likeness (QED) is 0.774. The third-order valence-corrected chi connectivity index (χ3v) is 5.19. The molecule has 0 saturated carbocycles. The molecule has 0 radical (unpaired) electrons. The number of aromatic nitrogens is 2. The van der Waals surface area contributed by atoms with Crippen molar-refractivity contribution in [2.45, 2.75) is 18.4 Å². The molecule has 0 spiro atoms. The number of aryl methyl sites for hydroxylation is 1. The number of sulfonamides is 1. The zero-order chi connectivity index (χ0) is 15.6. The summed E-state index contributed by atoms with van der Waals surface area (Å²) in [6, 6.07) is 10.4. The number of rotatable bonds is 5. The maximum absolute atomic E-state index is 12.2. The third-order valence-electron chi connectivity index (χ3n) is 2.92. The van der Waals surface area contributed by atoms with Crippen LogP contribution in [0.3, 0.4) is 0 Å². The molecule has 0 aliphatic carbocycles. The van der Waals surface area contributed by atoms with E-state index in [9.17, 15) is 8.42 Å². The van der Waals surface area contributed by atoms with Gasteiger partial charge < -0.3 is 4.52 Å². The van der Waals surface area contributed by atoms with E-state index in [-0.39, 0.29) is 17.3 Å². The van der Waals surface area contributed by atoms with Crippen LogP contribution in [-0.4, -0.2) is 18.6 Å². The maximum Gasteiger partial charge on any atom is 0.242 e. The third kappa shape index (κ3) is 3.24. The molecule has 0 amide bonds. The summed E-state index contributed by atoms with van der Waals surface area (Å²) in [6.45, 7) is 1.79. The minimum atomic E-state index is -3.60. The second-order valence-electron chi connectivity index (χ2n) is 4.63. The highest BCUT2D eigenvalue weighted by Crippen LogP contribution is 2.21. The Morgan fingerprint density at radius 2 is 2.14 bits per heavy atom. The van der Waals surface area contributed by atoms with Crippen LogP contribution in [0.5, 0.6) is 0 Å². The molecule has 2 heterocycles. The summed E-state index contributed by atoms with van der Waals surface area (Å²) in [6.07, 6.45) is 0. The number of benzene rings is 1. The summed E-state index contributed by atoms with van der Waals surface area (Å²) in [7, 11) is -3.60. The Bertz CT molecular complexity index is 870. The molecule has 3 aromatic rings. The Labute approximate surface area is 131 Å². The van der Waals surface area contributed by atoms with Crippen LogP contribution in [0.4, 0.5) is 0 Å². The standard InChI is InChI=1S/C14H13N3O3S2/c1-10-4-2-5-11(8-10)22(18,19)15-9-13-16-14(17-20-13)12-6-3-7-21-12/h2-8,15H,9H2,1H3. The van der Waals surface area contributed by atoms with Crippen LogP contribution in [0.25, 0.3) is 10.7 Å². The van der Waals surface area contributed by atoms with Crippen molar-refractivity contribution in [3.05, 3.63) is 53.2 Å². The fourth-order valence-corrected chi connectivity index (χ4v) is 3.58. The first-order valence-corrected chi connectivity index (χ1v) is 8.84. The molecule has 0 aliphatic rings. The van der Waals surface area contributed by atoms with Gasteiger partial charge in [0.2, 0.25) is 21.7 Å². The van der Waals surface area contributed by atoms with Crippen LogP contribution in [0.2, 0.25) is 0 Å². The van der Waals surface area contributed by atoms with Crippen molar-refractivity contribution in [1.29, 1.82) is 0 Å². The molecule has 0 unspecified atom stereocenters. The minimum Gasteiger partial charge on any atom is -0.337 e. The van der Waals surface area contributed by atoms with E-state index in [1.54, 1.807) is 18.2 Å². The van der Waals surface area contributed by atoms with Gasteiger partial charge >= 0.3 is 0 Å². The summed E-state index contributed by atoms with van der Waals surface area (Å²) >= 11 is 1.49. The molecule has 6 nitrogen and oxygen atoms in total. The van der Waals surface area contributed by atoms with Gasteiger partial charge in [-0.25, -0.2) is 13.1 Å². The second kappa shape index (κ2) is 5.99. The van der Waals surface area contributed by atoms with Crippen LogP contribution < -0.4 is 4.72 Å². The molecule has 114 valence electrons. The molecule has 0 bridgehead atoms. The van der Waals surface area contributed by atoms with Gasteiger partial charge in [0.25, 0.3) is 0 Å². The fourth-order valence-electron chi connectivity index (χ4n) is 1.86. The van der Waals surface area contributed by atoms with Gasteiger partial charge in [0, 0.05) is 0 Å². The van der Waals surface area contributed by atoms with Crippen molar-refractivity contribution in [1.82, 2.24) is 14.9 Å². The van der Waals surface area contributed by atoms with Gasteiger partial charge in [0.15, 0.2) is 0 Å². The number of hydrogen-bond donors (Lipinski definition) is 1. The predicted octanol–water partition coefficient (Wildman–Crippen LogP) is 2.59. The Hall–Kier alpha value is -2.03. The SMILES string of the molecule is Cc1cccc(S(=O)(=O)NCc2nc(-c3cccs3)no2)c1. The van der Waals surface area contributed by atoms with Crippen molar-refractivity contribution in [2.75, 3.05) is 0 Å². The van der Waals surface area contributed by atoms with Crippen LogP contribution >= 0.6 is 11.3 Å². The van der Waals surface area contributed by atoms with Gasteiger partial charge in [-0.3, -0.25) is 0 Å². The largest absolute Gasteiger partial charge is 0.337 e. The Morgan fingerprint density at radius 3 is 2.86 bits per heavy atom. The molecule has 3 rings (SSSR count). The van der Waals surface area contributed by atoms with Crippen LogP contribution in [-0.2, 0) is 16.6 Å². The molecule has 0 saturated heterocycles. The average Bonchev–Trinajstić information content (AvgIpc) is 3.16. The second-order valence-corrected chi connectivity index (χ2v) is 7.34. The first-order chi connectivity index (χ1) is 10.5. The lowest BCUT2D eigenvalue weighted by Gasteiger charge is -2.05. The predicted molar refractivity (Wildman–Crippen MR) is 82.8 cm³/mol. The van der Waals surface area contributed by atoms with E-state index < -0.39 is 10.0 Å².